The Labute approximate surface area is 167 Å². The SMILES string of the molecule is C[C@H]1CC[C@H](c2ccc3cn([C@H]4CN(C)CC(C)(C)C4)nc3c2)N(C(=O)O)C1. The molecule has 0 bridgehead atoms. The first kappa shape index (κ1) is 19.2. The number of aromatic nitrogens is 2. The summed E-state index contributed by atoms with van der Waals surface area (Å²) < 4.78 is 2.13. The van der Waals surface area contributed by atoms with E-state index < -0.39 is 6.09 Å². The fourth-order valence-electron chi connectivity index (χ4n) is 5.26. The first-order chi connectivity index (χ1) is 13.2. The first-order valence-electron chi connectivity index (χ1n) is 10.4. The maximum absolute atomic E-state index is 11.8. The van der Waals surface area contributed by atoms with Gasteiger partial charge in [-0.15, -0.1) is 0 Å². The van der Waals surface area contributed by atoms with E-state index >= 15 is 0 Å². The monoisotopic (exact) mass is 384 g/mol. The predicted molar refractivity (Wildman–Crippen MR) is 111 cm³/mol. The quantitative estimate of drug-likeness (QED) is 0.834. The van der Waals surface area contributed by atoms with Crippen molar-refractivity contribution >= 4 is 17.0 Å². The molecule has 2 fully saturated rings. The summed E-state index contributed by atoms with van der Waals surface area (Å²) in [4.78, 5) is 15.7. The minimum absolute atomic E-state index is 0.0667. The molecule has 3 atom stereocenters. The molecule has 152 valence electrons. The molecule has 6 nitrogen and oxygen atoms in total. The van der Waals surface area contributed by atoms with E-state index in [4.69, 9.17) is 5.10 Å². The van der Waals surface area contributed by atoms with Gasteiger partial charge in [0.25, 0.3) is 0 Å². The van der Waals surface area contributed by atoms with Gasteiger partial charge in [0.1, 0.15) is 0 Å². The Morgan fingerprint density at radius 3 is 2.75 bits per heavy atom. The topological polar surface area (TPSA) is 61.6 Å². The molecule has 1 aromatic carbocycles. The lowest BCUT2D eigenvalue weighted by atomic mass is 9.82. The van der Waals surface area contributed by atoms with Gasteiger partial charge in [-0.1, -0.05) is 32.9 Å². The van der Waals surface area contributed by atoms with E-state index in [2.05, 4.69) is 61.8 Å². The van der Waals surface area contributed by atoms with Crippen LogP contribution in [0.1, 0.15) is 57.7 Å². The number of carboxylic acid groups (broad SMARTS) is 1. The van der Waals surface area contributed by atoms with Crippen LogP contribution in [-0.2, 0) is 0 Å². The van der Waals surface area contributed by atoms with Gasteiger partial charge in [-0.3, -0.25) is 4.68 Å². The average Bonchev–Trinajstić information content (AvgIpc) is 3.03. The van der Waals surface area contributed by atoms with Gasteiger partial charge in [0.15, 0.2) is 0 Å². The molecule has 0 saturated carbocycles. The number of benzene rings is 1. The molecule has 1 amide bonds. The van der Waals surface area contributed by atoms with Gasteiger partial charge in [0.2, 0.25) is 0 Å². The Morgan fingerprint density at radius 1 is 1.25 bits per heavy atom. The van der Waals surface area contributed by atoms with Gasteiger partial charge in [0.05, 0.1) is 17.6 Å². The number of amides is 1. The number of piperidine rings is 2. The minimum Gasteiger partial charge on any atom is -0.465 e. The maximum atomic E-state index is 11.8. The average molecular weight is 385 g/mol. The summed E-state index contributed by atoms with van der Waals surface area (Å²) in [5.74, 6) is 0.418. The molecule has 0 aliphatic carbocycles. The minimum atomic E-state index is -0.824. The van der Waals surface area contributed by atoms with Crippen LogP contribution in [0.25, 0.3) is 10.9 Å². The maximum Gasteiger partial charge on any atom is 0.407 e. The predicted octanol–water partition coefficient (Wildman–Crippen LogP) is 4.39. The van der Waals surface area contributed by atoms with E-state index in [1.165, 1.54) is 0 Å². The van der Waals surface area contributed by atoms with Crippen LogP contribution < -0.4 is 0 Å². The largest absolute Gasteiger partial charge is 0.465 e. The van der Waals surface area contributed by atoms with Crippen molar-refractivity contribution in [1.29, 1.82) is 0 Å². The lowest BCUT2D eigenvalue weighted by Gasteiger charge is -2.40. The standard InChI is InChI=1S/C22H32N4O2/c1-15-5-8-20(25(11-15)21(27)28)16-6-7-17-12-26(23-19(17)9-16)18-10-22(2,3)14-24(4)13-18/h6-7,9,12,15,18,20H,5,8,10-11,13-14H2,1-4H3,(H,27,28)/t15-,18+,20+/m0/s1. The zero-order valence-corrected chi connectivity index (χ0v) is 17.4. The van der Waals surface area contributed by atoms with Crippen molar-refractivity contribution in [3.8, 4) is 0 Å². The zero-order valence-electron chi connectivity index (χ0n) is 17.4. The van der Waals surface area contributed by atoms with E-state index in [-0.39, 0.29) is 11.5 Å². The number of nitrogens with zero attached hydrogens (tertiary/aromatic N) is 4. The summed E-state index contributed by atoms with van der Waals surface area (Å²) in [7, 11) is 2.18. The third-order valence-electron chi connectivity index (χ3n) is 6.38. The van der Waals surface area contributed by atoms with Crippen LogP contribution in [-0.4, -0.2) is 57.5 Å². The second kappa shape index (κ2) is 7.07. The molecule has 4 rings (SSSR count). The number of fused-ring (bicyclic) bond motifs is 1. The van der Waals surface area contributed by atoms with Crippen molar-refractivity contribution in [1.82, 2.24) is 19.6 Å². The second-order valence-corrected chi connectivity index (χ2v) is 9.78. The Morgan fingerprint density at radius 2 is 2.04 bits per heavy atom. The summed E-state index contributed by atoms with van der Waals surface area (Å²) >= 11 is 0. The molecule has 2 aliphatic rings. The highest BCUT2D eigenvalue weighted by molar-refractivity contribution is 5.79. The van der Waals surface area contributed by atoms with Crippen LogP contribution >= 0.6 is 0 Å². The molecule has 1 N–H and O–H groups in total. The van der Waals surface area contributed by atoms with Crippen molar-refractivity contribution in [2.24, 2.45) is 11.3 Å². The van der Waals surface area contributed by atoms with E-state index in [9.17, 15) is 9.90 Å². The number of carbonyl (C=O) groups is 1. The van der Waals surface area contributed by atoms with Crippen LogP contribution in [0.4, 0.5) is 4.79 Å². The van der Waals surface area contributed by atoms with Crippen molar-refractivity contribution in [3.05, 3.63) is 30.0 Å². The van der Waals surface area contributed by atoms with Gasteiger partial charge < -0.3 is 14.9 Å². The molecule has 6 heteroatoms. The molecular weight excluding hydrogens is 352 g/mol. The summed E-state index contributed by atoms with van der Waals surface area (Å²) in [5, 5.41) is 15.7. The molecule has 0 spiro atoms. The molecule has 3 heterocycles. The van der Waals surface area contributed by atoms with Gasteiger partial charge in [0, 0.05) is 31.2 Å². The van der Waals surface area contributed by atoms with Crippen LogP contribution in [0, 0.1) is 11.3 Å². The molecule has 2 aliphatic heterocycles. The fourth-order valence-corrected chi connectivity index (χ4v) is 5.26. The number of rotatable bonds is 2. The Bertz CT molecular complexity index is 875. The Balaban J connectivity index is 1.62. The van der Waals surface area contributed by atoms with Crippen molar-refractivity contribution in [3.63, 3.8) is 0 Å². The Kier molecular flexibility index (Phi) is 4.86. The Hall–Kier alpha value is -2.08. The molecular formula is C22H32N4O2. The number of hydrogen-bond acceptors (Lipinski definition) is 3. The molecule has 0 unspecified atom stereocenters. The molecule has 2 aromatic rings. The van der Waals surface area contributed by atoms with E-state index in [0.717, 1.165) is 48.8 Å². The van der Waals surface area contributed by atoms with Crippen LogP contribution in [0.5, 0.6) is 0 Å². The van der Waals surface area contributed by atoms with E-state index in [1.54, 1.807) is 4.90 Å². The molecule has 1 aromatic heterocycles. The third kappa shape index (κ3) is 3.75. The van der Waals surface area contributed by atoms with Crippen molar-refractivity contribution in [2.45, 2.75) is 52.1 Å². The number of likely N-dealkylation sites (tertiary alicyclic amines) is 2. The van der Waals surface area contributed by atoms with Crippen molar-refractivity contribution < 1.29 is 9.90 Å². The highest BCUT2D eigenvalue weighted by Crippen LogP contribution is 2.36. The summed E-state index contributed by atoms with van der Waals surface area (Å²) in [6.45, 7) is 9.50. The molecule has 0 radical (unpaired) electrons. The lowest BCUT2D eigenvalue weighted by Crippen LogP contribution is -2.43. The molecule has 28 heavy (non-hydrogen) atoms. The summed E-state index contributed by atoms with van der Waals surface area (Å²) in [6.07, 6.45) is 4.38. The van der Waals surface area contributed by atoms with E-state index in [1.807, 2.05) is 0 Å². The highest BCUT2D eigenvalue weighted by Gasteiger charge is 2.33. The van der Waals surface area contributed by atoms with Crippen LogP contribution in [0.2, 0.25) is 0 Å². The summed E-state index contributed by atoms with van der Waals surface area (Å²) in [5.41, 5.74) is 2.31. The third-order valence-corrected chi connectivity index (χ3v) is 6.38. The van der Waals surface area contributed by atoms with Crippen LogP contribution in [0.3, 0.4) is 0 Å². The number of hydrogen-bond donors (Lipinski definition) is 1. The van der Waals surface area contributed by atoms with Gasteiger partial charge in [-0.2, -0.15) is 5.10 Å². The summed E-state index contributed by atoms with van der Waals surface area (Å²) in [6, 6.07) is 6.59. The van der Waals surface area contributed by atoms with Crippen molar-refractivity contribution in [2.75, 3.05) is 26.7 Å². The highest BCUT2D eigenvalue weighted by atomic mass is 16.4. The zero-order chi connectivity index (χ0) is 20.1. The lowest BCUT2D eigenvalue weighted by molar-refractivity contribution is 0.0900. The number of likely N-dealkylation sites (N-methyl/N-ethyl adjacent to an activating group) is 1. The second-order valence-electron chi connectivity index (χ2n) is 9.78. The van der Waals surface area contributed by atoms with Gasteiger partial charge in [-0.25, -0.2) is 4.79 Å². The normalized spacial score (nSPS) is 28.6. The smallest absolute Gasteiger partial charge is 0.407 e. The van der Waals surface area contributed by atoms with Gasteiger partial charge >= 0.3 is 6.09 Å². The van der Waals surface area contributed by atoms with E-state index in [0.29, 0.717) is 18.5 Å². The van der Waals surface area contributed by atoms with Gasteiger partial charge in [-0.05, 0) is 49.3 Å². The first-order valence-corrected chi connectivity index (χ1v) is 10.4. The van der Waals surface area contributed by atoms with Crippen LogP contribution in [0.15, 0.2) is 24.4 Å². The fraction of sp³-hybridized carbons (Fsp3) is 0.636. The molecule has 2 saturated heterocycles.